The first-order chi connectivity index (χ1) is 31.5. The van der Waals surface area contributed by atoms with Crippen LogP contribution in [-0.2, 0) is 28.6 Å². The molecule has 0 spiro atoms. The van der Waals surface area contributed by atoms with Crippen molar-refractivity contribution in [2.45, 2.75) is 277 Å². The first kappa shape index (κ1) is 61.1. The van der Waals surface area contributed by atoms with Crippen LogP contribution in [0.15, 0.2) is 60.8 Å². The molecule has 0 unspecified atom stereocenters. The number of esters is 3. The average molecular weight is 895 g/mol. The summed E-state index contributed by atoms with van der Waals surface area (Å²) < 4.78 is 16.8. The van der Waals surface area contributed by atoms with Crippen molar-refractivity contribution in [2.75, 3.05) is 13.2 Å². The van der Waals surface area contributed by atoms with E-state index < -0.39 is 6.10 Å². The topological polar surface area (TPSA) is 78.9 Å². The van der Waals surface area contributed by atoms with Crippen molar-refractivity contribution >= 4 is 17.9 Å². The molecule has 0 radical (unpaired) electrons. The summed E-state index contributed by atoms with van der Waals surface area (Å²) in [7, 11) is 0. The van der Waals surface area contributed by atoms with Crippen molar-refractivity contribution in [1.82, 2.24) is 0 Å². The summed E-state index contributed by atoms with van der Waals surface area (Å²) >= 11 is 0. The van der Waals surface area contributed by atoms with Crippen LogP contribution in [0.2, 0.25) is 0 Å². The van der Waals surface area contributed by atoms with Crippen LogP contribution in [0.25, 0.3) is 0 Å². The lowest BCUT2D eigenvalue weighted by atomic mass is 10.1. The number of rotatable bonds is 49. The highest BCUT2D eigenvalue weighted by molar-refractivity contribution is 5.71. The van der Waals surface area contributed by atoms with Gasteiger partial charge in [0, 0.05) is 19.3 Å². The minimum Gasteiger partial charge on any atom is -0.462 e. The molecule has 0 N–H and O–H groups in total. The Labute approximate surface area is 396 Å². The summed E-state index contributed by atoms with van der Waals surface area (Å²) in [5.41, 5.74) is 0. The molecule has 1 atom stereocenters. The molecule has 0 fully saturated rings. The van der Waals surface area contributed by atoms with Gasteiger partial charge in [-0.2, -0.15) is 0 Å². The van der Waals surface area contributed by atoms with Gasteiger partial charge in [0.05, 0.1) is 0 Å². The maximum Gasteiger partial charge on any atom is 0.306 e. The van der Waals surface area contributed by atoms with Gasteiger partial charge in [0.1, 0.15) is 13.2 Å². The van der Waals surface area contributed by atoms with Gasteiger partial charge < -0.3 is 14.2 Å². The molecule has 0 rings (SSSR count). The Kier molecular flexibility index (Phi) is 50.4. The van der Waals surface area contributed by atoms with Crippen molar-refractivity contribution < 1.29 is 28.6 Å². The predicted octanol–water partition coefficient (Wildman–Crippen LogP) is 18.0. The van der Waals surface area contributed by atoms with Crippen molar-refractivity contribution in [2.24, 2.45) is 0 Å². The van der Waals surface area contributed by atoms with Crippen LogP contribution in [0.1, 0.15) is 271 Å². The number of carbonyl (C=O) groups is 3. The maximum absolute atomic E-state index is 12.8. The van der Waals surface area contributed by atoms with Gasteiger partial charge in [-0.3, -0.25) is 14.4 Å². The Bertz CT molecular complexity index is 1170. The van der Waals surface area contributed by atoms with E-state index in [1.54, 1.807) is 0 Å². The van der Waals surface area contributed by atoms with E-state index in [1.807, 2.05) is 0 Å². The van der Waals surface area contributed by atoms with Gasteiger partial charge in [0.25, 0.3) is 0 Å². The van der Waals surface area contributed by atoms with Crippen molar-refractivity contribution in [3.8, 4) is 0 Å². The van der Waals surface area contributed by atoms with Crippen molar-refractivity contribution in [1.29, 1.82) is 0 Å². The van der Waals surface area contributed by atoms with Crippen LogP contribution in [0.3, 0.4) is 0 Å². The fraction of sp³-hybridized carbons (Fsp3) is 0.776. The second kappa shape index (κ2) is 52.7. The van der Waals surface area contributed by atoms with E-state index in [1.165, 1.54) is 135 Å². The minimum absolute atomic E-state index is 0.0859. The van der Waals surface area contributed by atoms with Crippen LogP contribution in [0.4, 0.5) is 0 Å². The lowest BCUT2D eigenvalue weighted by Crippen LogP contribution is -2.30. The van der Waals surface area contributed by atoms with Crippen molar-refractivity contribution in [3.63, 3.8) is 0 Å². The normalized spacial score (nSPS) is 12.5. The standard InChI is InChI=1S/C58H102O6/c1-4-7-10-13-16-19-22-24-26-28-29-30-32-33-36-39-42-45-48-51-57(60)63-54-55(53-62-56(59)50-47-44-41-38-35-21-18-15-12-9-6-3)64-58(61)52-49-46-43-40-37-34-31-27-25-23-20-17-14-11-8-5-2/h15-16,18-19,24,26-27,29-31,55H,4-14,17,20-23,25,28,32-54H2,1-3H3/b18-15-,19-16-,26-24-,30-29-,31-27-/t55-/m1/s1. The van der Waals surface area contributed by atoms with Crippen molar-refractivity contribution in [3.05, 3.63) is 60.8 Å². The second-order valence-corrected chi connectivity index (χ2v) is 18.1. The molecule has 0 aliphatic rings. The van der Waals surface area contributed by atoms with Crippen LogP contribution in [0.5, 0.6) is 0 Å². The average Bonchev–Trinajstić information content (AvgIpc) is 3.29. The predicted molar refractivity (Wildman–Crippen MR) is 275 cm³/mol. The highest BCUT2D eigenvalue weighted by atomic mass is 16.6. The molecule has 0 amide bonds. The van der Waals surface area contributed by atoms with Crippen LogP contribution < -0.4 is 0 Å². The fourth-order valence-electron chi connectivity index (χ4n) is 7.54. The lowest BCUT2D eigenvalue weighted by molar-refractivity contribution is -0.167. The van der Waals surface area contributed by atoms with Gasteiger partial charge in [-0.05, 0) is 103 Å². The van der Waals surface area contributed by atoms with E-state index in [-0.39, 0.29) is 31.1 Å². The van der Waals surface area contributed by atoms with E-state index in [9.17, 15) is 14.4 Å². The molecule has 0 saturated heterocycles. The van der Waals surface area contributed by atoms with E-state index >= 15 is 0 Å². The summed E-state index contributed by atoms with van der Waals surface area (Å²) in [5, 5.41) is 0. The zero-order chi connectivity index (χ0) is 46.5. The second-order valence-electron chi connectivity index (χ2n) is 18.1. The number of hydrogen-bond acceptors (Lipinski definition) is 6. The monoisotopic (exact) mass is 895 g/mol. The van der Waals surface area contributed by atoms with Gasteiger partial charge in [-0.1, -0.05) is 210 Å². The maximum atomic E-state index is 12.8. The Hall–Kier alpha value is -2.89. The molecule has 0 bridgehead atoms. The van der Waals surface area contributed by atoms with Gasteiger partial charge >= 0.3 is 17.9 Å². The van der Waals surface area contributed by atoms with Gasteiger partial charge in [0.15, 0.2) is 6.10 Å². The largest absolute Gasteiger partial charge is 0.462 e. The summed E-state index contributed by atoms with van der Waals surface area (Å²) in [6.45, 7) is 6.56. The highest BCUT2D eigenvalue weighted by Gasteiger charge is 2.19. The SMILES string of the molecule is CCCC/C=C\CCCCCCCC(=O)OC[C@H](COC(=O)CCCCCCCC/C=C\C/C=C\C/C=C\CCCCC)OC(=O)CCCCCCC/C=C\CCCCCCCCC. The fourth-order valence-corrected chi connectivity index (χ4v) is 7.54. The lowest BCUT2D eigenvalue weighted by Gasteiger charge is -2.18. The first-order valence-corrected chi connectivity index (χ1v) is 27.3. The Morgan fingerprint density at radius 2 is 0.578 bits per heavy atom. The Morgan fingerprint density at radius 1 is 0.312 bits per heavy atom. The molecular weight excluding hydrogens is 793 g/mol. The van der Waals surface area contributed by atoms with Gasteiger partial charge in [-0.15, -0.1) is 0 Å². The summed E-state index contributed by atoms with van der Waals surface area (Å²) in [6.07, 6.45) is 64.9. The summed E-state index contributed by atoms with van der Waals surface area (Å²) in [6, 6.07) is 0. The van der Waals surface area contributed by atoms with E-state index in [4.69, 9.17) is 14.2 Å². The molecular formula is C58H102O6. The molecule has 0 aromatic heterocycles. The Balaban J connectivity index is 4.38. The van der Waals surface area contributed by atoms with E-state index in [0.717, 1.165) is 96.3 Å². The summed E-state index contributed by atoms with van der Waals surface area (Å²) in [5.74, 6) is -0.910. The smallest absolute Gasteiger partial charge is 0.306 e. The molecule has 6 heteroatoms. The molecule has 0 saturated carbocycles. The van der Waals surface area contributed by atoms with E-state index in [2.05, 4.69) is 81.5 Å². The molecule has 0 aliphatic carbocycles. The third kappa shape index (κ3) is 50.1. The van der Waals surface area contributed by atoms with Gasteiger partial charge in [-0.25, -0.2) is 0 Å². The van der Waals surface area contributed by atoms with Gasteiger partial charge in [0.2, 0.25) is 0 Å². The molecule has 0 aromatic carbocycles. The molecule has 0 aromatic rings. The first-order valence-electron chi connectivity index (χ1n) is 27.3. The highest BCUT2D eigenvalue weighted by Crippen LogP contribution is 2.14. The Morgan fingerprint density at radius 3 is 0.969 bits per heavy atom. The number of hydrogen-bond donors (Lipinski definition) is 0. The molecule has 370 valence electrons. The third-order valence-electron chi connectivity index (χ3n) is 11.7. The molecule has 6 nitrogen and oxygen atoms in total. The quantitative estimate of drug-likeness (QED) is 0.0262. The molecule has 0 aliphatic heterocycles. The zero-order valence-electron chi connectivity index (χ0n) is 42.3. The van der Waals surface area contributed by atoms with Crippen LogP contribution in [-0.4, -0.2) is 37.2 Å². The number of carbonyl (C=O) groups excluding carboxylic acids is 3. The molecule has 64 heavy (non-hydrogen) atoms. The third-order valence-corrected chi connectivity index (χ3v) is 11.7. The number of unbranched alkanes of at least 4 members (excludes halogenated alkanes) is 28. The summed E-state index contributed by atoms with van der Waals surface area (Å²) in [4.78, 5) is 38.0. The van der Waals surface area contributed by atoms with Crippen LogP contribution in [0, 0.1) is 0 Å². The minimum atomic E-state index is -0.786. The van der Waals surface area contributed by atoms with Crippen LogP contribution >= 0.6 is 0 Å². The zero-order valence-corrected chi connectivity index (χ0v) is 42.3. The number of allylic oxidation sites excluding steroid dienone is 10. The van der Waals surface area contributed by atoms with E-state index in [0.29, 0.717) is 19.3 Å². The molecule has 0 heterocycles. The number of ether oxygens (including phenoxy) is 3.